The maximum Gasteiger partial charge on any atom is 0.0229 e. The number of rotatable bonds is 2. The molecule has 0 spiro atoms. The van der Waals surface area contributed by atoms with Crippen molar-refractivity contribution in [1.29, 1.82) is 4.78 Å². The Balaban J connectivity index is 0.00000112. The summed E-state index contributed by atoms with van der Waals surface area (Å²) in [5.74, 6) is 0. The molecule has 1 N–H and O–H groups in total. The fourth-order valence-electron chi connectivity index (χ4n) is 1.25. The average Bonchev–Trinajstić information content (AvgIpc) is 2.30. The Morgan fingerprint density at radius 2 is 1.07 bits per heavy atom. The van der Waals surface area contributed by atoms with Crippen LogP contribution in [0.1, 0.15) is 1.43 Å². The molecule has 0 saturated heterocycles. The normalized spacial score (nSPS) is 10.4. The van der Waals surface area contributed by atoms with Gasteiger partial charge in [-0.05, 0) is 35.0 Å². The second-order valence-corrected chi connectivity index (χ2v) is 4.49. The Morgan fingerprint density at radius 1 is 0.714 bits per heavy atom. The average molecular weight is 203 g/mol. The van der Waals surface area contributed by atoms with Crippen LogP contribution in [0, 0.1) is 4.78 Å². The lowest BCUT2D eigenvalue weighted by atomic mass is 10.4. The van der Waals surface area contributed by atoms with Gasteiger partial charge >= 0.3 is 0 Å². The molecule has 0 aliphatic carbocycles. The van der Waals surface area contributed by atoms with Gasteiger partial charge < -0.3 is 0 Å². The van der Waals surface area contributed by atoms with Gasteiger partial charge in [0, 0.05) is 11.2 Å². The first-order valence-electron chi connectivity index (χ1n) is 4.43. The predicted molar refractivity (Wildman–Crippen MR) is 61.6 cm³/mol. The van der Waals surface area contributed by atoms with Crippen molar-refractivity contribution in [1.82, 2.24) is 0 Å². The molecule has 0 fully saturated rings. The van der Waals surface area contributed by atoms with E-state index < -0.39 is 10.7 Å². The lowest BCUT2D eigenvalue weighted by molar-refractivity contribution is 1.36. The largest absolute Gasteiger partial charge is 0.271 e. The smallest absolute Gasteiger partial charge is 0.0229 e. The lowest BCUT2D eigenvalue weighted by Gasteiger charge is -2.04. The molecule has 0 unspecified atom stereocenters. The summed E-state index contributed by atoms with van der Waals surface area (Å²) in [5.41, 5.74) is 0. The summed E-state index contributed by atoms with van der Waals surface area (Å²) < 4.78 is 8.08. The van der Waals surface area contributed by atoms with Gasteiger partial charge in [0.25, 0.3) is 0 Å². The van der Waals surface area contributed by atoms with Crippen LogP contribution >= 0.6 is 0 Å². The molecule has 0 saturated carbocycles. The second-order valence-electron chi connectivity index (χ2n) is 2.93. The molecule has 0 atom stereocenters. The van der Waals surface area contributed by atoms with Crippen molar-refractivity contribution >= 4 is 10.7 Å². The Labute approximate surface area is 87.8 Å². The molecule has 0 bridgehead atoms. The monoisotopic (exact) mass is 203 g/mol. The van der Waals surface area contributed by atoms with Crippen molar-refractivity contribution in [2.45, 2.75) is 9.79 Å². The van der Waals surface area contributed by atoms with Crippen molar-refractivity contribution in [2.24, 2.45) is 0 Å². The number of nitrogens with one attached hydrogen (secondary N) is 1. The summed E-state index contributed by atoms with van der Waals surface area (Å²) in [4.78, 5) is 2.14. The summed E-state index contributed by atoms with van der Waals surface area (Å²) in [6.45, 7) is 0. The molecule has 2 aromatic rings. The summed E-state index contributed by atoms with van der Waals surface area (Å²) in [6, 6.07) is 19.9. The summed E-state index contributed by atoms with van der Waals surface area (Å²) in [6.07, 6.45) is 0. The first-order valence-corrected chi connectivity index (χ1v) is 5.66. The number of hydrogen-bond donors (Lipinski definition) is 1. The molecular weight excluding hydrogens is 190 g/mol. The molecule has 0 aliphatic rings. The SMILES string of the molecule is N=S(c1ccccc1)c1ccccc1.[HH]. The van der Waals surface area contributed by atoms with Gasteiger partial charge in [0.2, 0.25) is 0 Å². The van der Waals surface area contributed by atoms with E-state index in [-0.39, 0.29) is 1.43 Å². The van der Waals surface area contributed by atoms with E-state index in [4.69, 9.17) is 4.78 Å². The van der Waals surface area contributed by atoms with Crippen molar-refractivity contribution in [3.63, 3.8) is 0 Å². The standard InChI is InChI=1S/C12H11NS.H2/c13-14(11-7-3-1-4-8-11)12-9-5-2-6-10-12;/h1-10,13H;1H. The molecule has 0 aromatic heterocycles. The van der Waals surface area contributed by atoms with Crippen LogP contribution in [0.2, 0.25) is 0 Å². The van der Waals surface area contributed by atoms with E-state index in [1.54, 1.807) is 0 Å². The first kappa shape index (κ1) is 9.16. The van der Waals surface area contributed by atoms with Gasteiger partial charge in [0.05, 0.1) is 0 Å². The van der Waals surface area contributed by atoms with Gasteiger partial charge in [-0.1, -0.05) is 36.4 Å². The van der Waals surface area contributed by atoms with Crippen molar-refractivity contribution in [3.05, 3.63) is 60.7 Å². The third kappa shape index (κ3) is 1.91. The van der Waals surface area contributed by atoms with E-state index in [0.29, 0.717) is 0 Å². The maximum absolute atomic E-state index is 8.08. The quantitative estimate of drug-likeness (QED) is 0.769. The highest BCUT2D eigenvalue weighted by atomic mass is 32.2. The molecule has 0 radical (unpaired) electrons. The zero-order valence-corrected chi connectivity index (χ0v) is 8.50. The van der Waals surface area contributed by atoms with Crippen LogP contribution in [0.5, 0.6) is 0 Å². The summed E-state index contributed by atoms with van der Waals surface area (Å²) in [5, 5.41) is 0. The molecule has 14 heavy (non-hydrogen) atoms. The molecule has 2 aromatic carbocycles. The highest BCUT2D eigenvalue weighted by Crippen LogP contribution is 2.15. The highest BCUT2D eigenvalue weighted by molar-refractivity contribution is 7.86. The molecule has 0 amide bonds. The zero-order chi connectivity index (χ0) is 9.80. The Morgan fingerprint density at radius 3 is 1.43 bits per heavy atom. The number of benzene rings is 2. The van der Waals surface area contributed by atoms with Crippen LogP contribution in [0.15, 0.2) is 70.5 Å². The number of hydrogen-bond acceptors (Lipinski definition) is 1. The van der Waals surface area contributed by atoms with Crippen LogP contribution in [-0.2, 0) is 10.7 Å². The fourth-order valence-corrected chi connectivity index (χ4v) is 2.38. The summed E-state index contributed by atoms with van der Waals surface area (Å²) in [7, 11) is -0.547. The topological polar surface area (TPSA) is 23.9 Å². The van der Waals surface area contributed by atoms with Crippen molar-refractivity contribution in [2.75, 3.05) is 0 Å². The van der Waals surface area contributed by atoms with Gasteiger partial charge in [-0.15, -0.1) is 0 Å². The van der Waals surface area contributed by atoms with Crippen molar-refractivity contribution in [3.8, 4) is 0 Å². The Kier molecular flexibility index (Phi) is 2.75. The summed E-state index contributed by atoms with van der Waals surface area (Å²) >= 11 is 0. The van der Waals surface area contributed by atoms with E-state index in [1.165, 1.54) is 0 Å². The molecule has 1 nitrogen and oxygen atoms in total. The van der Waals surface area contributed by atoms with E-state index in [0.717, 1.165) is 9.79 Å². The van der Waals surface area contributed by atoms with Crippen molar-refractivity contribution < 1.29 is 1.43 Å². The van der Waals surface area contributed by atoms with Gasteiger partial charge in [-0.3, -0.25) is 4.78 Å². The molecular formula is C12H13NS. The third-order valence-electron chi connectivity index (χ3n) is 1.96. The predicted octanol–water partition coefficient (Wildman–Crippen LogP) is 3.73. The second kappa shape index (κ2) is 4.20. The molecule has 2 heteroatoms. The minimum absolute atomic E-state index is 0. The third-order valence-corrected chi connectivity index (χ3v) is 3.44. The van der Waals surface area contributed by atoms with Crippen LogP contribution < -0.4 is 0 Å². The Bertz CT molecular complexity index is 386. The molecule has 0 heterocycles. The van der Waals surface area contributed by atoms with Crippen LogP contribution in [0.25, 0.3) is 0 Å². The minimum atomic E-state index is -0.547. The molecule has 2 rings (SSSR count). The molecule has 72 valence electrons. The van der Waals surface area contributed by atoms with Crippen LogP contribution in [0.3, 0.4) is 0 Å². The first-order chi connectivity index (χ1) is 6.88. The van der Waals surface area contributed by atoms with Crippen LogP contribution in [0.4, 0.5) is 0 Å². The van der Waals surface area contributed by atoms with Crippen LogP contribution in [-0.4, -0.2) is 0 Å². The fraction of sp³-hybridized carbons (Fsp3) is 0. The maximum atomic E-state index is 8.08. The minimum Gasteiger partial charge on any atom is -0.271 e. The van der Waals surface area contributed by atoms with Gasteiger partial charge in [0.1, 0.15) is 0 Å². The van der Waals surface area contributed by atoms with E-state index in [1.807, 2.05) is 60.7 Å². The van der Waals surface area contributed by atoms with E-state index in [9.17, 15) is 0 Å². The Hall–Kier alpha value is -1.41. The van der Waals surface area contributed by atoms with E-state index in [2.05, 4.69) is 0 Å². The highest BCUT2D eigenvalue weighted by Gasteiger charge is 1.99. The van der Waals surface area contributed by atoms with E-state index >= 15 is 0 Å². The lowest BCUT2D eigenvalue weighted by Crippen LogP contribution is -1.89. The zero-order valence-electron chi connectivity index (χ0n) is 7.68. The van der Waals surface area contributed by atoms with Gasteiger partial charge in [-0.2, -0.15) is 0 Å². The molecule has 0 aliphatic heterocycles. The van der Waals surface area contributed by atoms with Gasteiger partial charge in [0.15, 0.2) is 0 Å². The van der Waals surface area contributed by atoms with Gasteiger partial charge in [-0.25, -0.2) is 0 Å².